The van der Waals surface area contributed by atoms with E-state index in [0.29, 0.717) is 25.6 Å². The number of hydrogen-bond donors (Lipinski definition) is 2. The van der Waals surface area contributed by atoms with E-state index in [1.807, 2.05) is 18.2 Å². The summed E-state index contributed by atoms with van der Waals surface area (Å²) in [6, 6.07) is 8.12. The summed E-state index contributed by atoms with van der Waals surface area (Å²) in [5, 5.41) is 7.28. The minimum Gasteiger partial charge on any atom is -0.369 e. The first kappa shape index (κ1) is 21.5. The van der Waals surface area contributed by atoms with E-state index in [4.69, 9.17) is 11.6 Å². The molecule has 28 heavy (non-hydrogen) atoms. The number of halogens is 1. The van der Waals surface area contributed by atoms with Gasteiger partial charge in [-0.25, -0.2) is 12.7 Å². The van der Waals surface area contributed by atoms with E-state index in [2.05, 4.69) is 26.6 Å². The smallest absolute Gasteiger partial charge is 0.215 e. The third-order valence-electron chi connectivity index (χ3n) is 4.94. The zero-order valence-corrected chi connectivity index (χ0v) is 18.5. The number of guanidine groups is 1. The zero-order valence-electron chi connectivity index (χ0n) is 16.1. The summed E-state index contributed by atoms with van der Waals surface area (Å²) < 4.78 is 26.5. The molecule has 0 spiro atoms. The molecule has 0 bridgehead atoms. The van der Waals surface area contributed by atoms with E-state index >= 15 is 0 Å². The molecule has 10 heteroatoms. The minimum atomic E-state index is -3.21. The summed E-state index contributed by atoms with van der Waals surface area (Å²) >= 11 is 7.89. The van der Waals surface area contributed by atoms with Crippen molar-refractivity contribution in [2.75, 3.05) is 61.9 Å². The summed E-state index contributed by atoms with van der Waals surface area (Å²) in [4.78, 5) is 6.53. The molecule has 1 unspecified atom stereocenters. The van der Waals surface area contributed by atoms with Crippen LogP contribution in [0.1, 0.15) is 6.42 Å². The maximum absolute atomic E-state index is 12.4. The molecule has 1 aromatic rings. The lowest BCUT2D eigenvalue weighted by Gasteiger charge is -2.26. The number of rotatable bonds is 6. The van der Waals surface area contributed by atoms with Crippen LogP contribution in [0.4, 0.5) is 5.69 Å². The number of nitrogens with one attached hydrogen (secondary N) is 2. The third-order valence-corrected chi connectivity index (χ3v) is 7.99. The Morgan fingerprint density at radius 3 is 2.82 bits per heavy atom. The van der Waals surface area contributed by atoms with E-state index in [1.165, 1.54) is 0 Å². The van der Waals surface area contributed by atoms with Crippen molar-refractivity contribution in [2.24, 2.45) is 4.99 Å². The SMILES string of the molecule is CN=C(NCCS(=O)(=O)N1CCSCC1)NC1CCN(c2cccc(Cl)c2)C1. The molecule has 2 aliphatic rings. The molecule has 0 amide bonds. The van der Waals surface area contributed by atoms with Crippen LogP contribution in [0.3, 0.4) is 0 Å². The molecule has 2 fully saturated rings. The van der Waals surface area contributed by atoms with Gasteiger partial charge in [0.25, 0.3) is 0 Å². The van der Waals surface area contributed by atoms with Crippen LogP contribution in [0.2, 0.25) is 5.02 Å². The molecule has 1 atom stereocenters. The third kappa shape index (κ3) is 5.92. The Balaban J connectivity index is 1.45. The topological polar surface area (TPSA) is 77.0 Å². The molecule has 0 radical (unpaired) electrons. The lowest BCUT2D eigenvalue weighted by atomic mass is 10.3. The number of aliphatic imine (C=N–C) groups is 1. The highest BCUT2D eigenvalue weighted by molar-refractivity contribution is 7.99. The molecule has 2 N–H and O–H groups in total. The van der Waals surface area contributed by atoms with Crippen LogP contribution in [-0.4, -0.2) is 81.8 Å². The zero-order chi connectivity index (χ0) is 20.0. The van der Waals surface area contributed by atoms with Crippen molar-refractivity contribution < 1.29 is 8.42 Å². The average Bonchev–Trinajstić information content (AvgIpc) is 3.16. The van der Waals surface area contributed by atoms with E-state index < -0.39 is 10.0 Å². The summed E-state index contributed by atoms with van der Waals surface area (Å²) in [5.74, 6) is 2.47. The number of hydrogen-bond acceptors (Lipinski definition) is 5. The van der Waals surface area contributed by atoms with Crippen molar-refractivity contribution in [2.45, 2.75) is 12.5 Å². The van der Waals surface area contributed by atoms with Gasteiger partial charge < -0.3 is 15.5 Å². The summed E-state index contributed by atoms with van der Waals surface area (Å²) in [6.45, 7) is 3.36. The molecule has 7 nitrogen and oxygen atoms in total. The van der Waals surface area contributed by atoms with Gasteiger partial charge in [-0.15, -0.1) is 0 Å². The number of sulfonamides is 1. The highest BCUT2D eigenvalue weighted by atomic mass is 35.5. The Hall–Kier alpha value is -1.16. The van der Waals surface area contributed by atoms with E-state index in [9.17, 15) is 8.42 Å². The van der Waals surface area contributed by atoms with Crippen LogP contribution in [0.15, 0.2) is 29.3 Å². The van der Waals surface area contributed by atoms with Crippen molar-refractivity contribution in [3.8, 4) is 0 Å². The standard InChI is InChI=1S/C18H28ClN5O2S2/c1-20-18(21-6-12-28(25,26)24-8-10-27-11-9-24)22-16-5-7-23(14-16)17-4-2-3-15(19)13-17/h2-4,13,16H,5-12,14H2,1H3,(H2,20,21,22). The van der Waals surface area contributed by atoms with E-state index in [0.717, 1.165) is 41.7 Å². The van der Waals surface area contributed by atoms with Gasteiger partial charge in [0.2, 0.25) is 10.0 Å². The van der Waals surface area contributed by atoms with Gasteiger partial charge in [-0.05, 0) is 24.6 Å². The van der Waals surface area contributed by atoms with Crippen molar-refractivity contribution in [3.63, 3.8) is 0 Å². The molecule has 2 heterocycles. The van der Waals surface area contributed by atoms with Crippen molar-refractivity contribution in [3.05, 3.63) is 29.3 Å². The highest BCUT2D eigenvalue weighted by Crippen LogP contribution is 2.23. The van der Waals surface area contributed by atoms with Gasteiger partial charge in [0.05, 0.1) is 5.75 Å². The summed E-state index contributed by atoms with van der Waals surface area (Å²) in [7, 11) is -1.51. The molecular weight excluding hydrogens is 418 g/mol. The molecule has 2 saturated heterocycles. The van der Waals surface area contributed by atoms with Gasteiger partial charge in [-0.3, -0.25) is 4.99 Å². The Morgan fingerprint density at radius 2 is 2.11 bits per heavy atom. The highest BCUT2D eigenvalue weighted by Gasteiger charge is 2.25. The predicted molar refractivity (Wildman–Crippen MR) is 119 cm³/mol. The lowest BCUT2D eigenvalue weighted by molar-refractivity contribution is 0.443. The molecular formula is C18H28ClN5O2S2. The average molecular weight is 446 g/mol. The van der Waals surface area contributed by atoms with Gasteiger partial charge in [-0.1, -0.05) is 17.7 Å². The fraction of sp³-hybridized carbons (Fsp3) is 0.611. The first-order valence-corrected chi connectivity index (χ1v) is 12.7. The largest absolute Gasteiger partial charge is 0.369 e. The predicted octanol–water partition coefficient (Wildman–Crippen LogP) is 1.46. The van der Waals surface area contributed by atoms with Crippen LogP contribution in [0.25, 0.3) is 0 Å². The van der Waals surface area contributed by atoms with Crippen molar-refractivity contribution in [1.82, 2.24) is 14.9 Å². The van der Waals surface area contributed by atoms with Crippen molar-refractivity contribution >= 4 is 45.0 Å². The second-order valence-corrected chi connectivity index (χ2v) is 10.6. The van der Waals surface area contributed by atoms with E-state index in [1.54, 1.807) is 23.1 Å². The second kappa shape index (κ2) is 10.0. The normalized spacial score (nSPS) is 21.7. The molecule has 1 aromatic carbocycles. The maximum atomic E-state index is 12.4. The van der Waals surface area contributed by atoms with Crippen LogP contribution in [-0.2, 0) is 10.0 Å². The van der Waals surface area contributed by atoms with Crippen LogP contribution in [0.5, 0.6) is 0 Å². The van der Waals surface area contributed by atoms with Crippen LogP contribution in [0, 0.1) is 0 Å². The van der Waals surface area contributed by atoms with Gasteiger partial charge in [-0.2, -0.15) is 11.8 Å². The van der Waals surface area contributed by atoms with Gasteiger partial charge in [0, 0.05) is 68.0 Å². The number of benzene rings is 1. The van der Waals surface area contributed by atoms with Gasteiger partial charge in [0.1, 0.15) is 0 Å². The second-order valence-electron chi connectivity index (χ2n) is 6.88. The molecule has 0 saturated carbocycles. The number of thioether (sulfide) groups is 1. The van der Waals surface area contributed by atoms with Crippen LogP contribution < -0.4 is 15.5 Å². The Labute approximate surface area is 177 Å². The molecule has 2 aliphatic heterocycles. The number of nitrogens with zero attached hydrogens (tertiary/aromatic N) is 3. The van der Waals surface area contributed by atoms with Gasteiger partial charge in [0.15, 0.2) is 5.96 Å². The Morgan fingerprint density at radius 1 is 1.32 bits per heavy atom. The fourth-order valence-corrected chi connectivity index (χ4v) is 6.10. The van der Waals surface area contributed by atoms with Crippen molar-refractivity contribution in [1.29, 1.82) is 0 Å². The fourth-order valence-electron chi connectivity index (χ4n) is 3.43. The summed E-state index contributed by atoms with van der Waals surface area (Å²) in [5.41, 5.74) is 1.12. The first-order chi connectivity index (χ1) is 13.5. The monoisotopic (exact) mass is 445 g/mol. The molecule has 0 aliphatic carbocycles. The first-order valence-electron chi connectivity index (χ1n) is 9.51. The quantitative estimate of drug-likeness (QED) is 0.510. The van der Waals surface area contributed by atoms with Gasteiger partial charge >= 0.3 is 0 Å². The van der Waals surface area contributed by atoms with E-state index in [-0.39, 0.29) is 11.8 Å². The summed E-state index contributed by atoms with van der Waals surface area (Å²) in [6.07, 6.45) is 0.983. The van der Waals surface area contributed by atoms with Crippen LogP contribution >= 0.6 is 23.4 Å². The lowest BCUT2D eigenvalue weighted by Crippen LogP contribution is -2.47. The molecule has 0 aromatic heterocycles. The minimum absolute atomic E-state index is 0.0810. The molecule has 156 valence electrons. The Kier molecular flexibility index (Phi) is 7.73. The Bertz CT molecular complexity index is 784. The number of anilines is 1. The molecule has 3 rings (SSSR count). The maximum Gasteiger partial charge on any atom is 0.215 e.